The summed E-state index contributed by atoms with van der Waals surface area (Å²) in [6, 6.07) is 0. The van der Waals surface area contributed by atoms with E-state index in [1.54, 1.807) is 5.92 Å². The van der Waals surface area contributed by atoms with Crippen LogP contribution >= 0.6 is 0 Å². The van der Waals surface area contributed by atoms with E-state index < -0.39 is 0 Å². The van der Waals surface area contributed by atoms with Crippen molar-refractivity contribution in [2.75, 3.05) is 0 Å². The Morgan fingerprint density at radius 3 is 2.30 bits per heavy atom. The van der Waals surface area contributed by atoms with Crippen LogP contribution in [0.5, 0.6) is 0 Å². The molecule has 1 aliphatic rings. The summed E-state index contributed by atoms with van der Waals surface area (Å²) in [4.78, 5) is 0. The van der Waals surface area contributed by atoms with E-state index in [0.717, 1.165) is 17.8 Å². The van der Waals surface area contributed by atoms with Crippen LogP contribution in [0.4, 0.5) is 0 Å². The molecule has 0 aromatic rings. The monoisotopic (exact) mass is 139 g/mol. The Morgan fingerprint density at radius 1 is 1.20 bits per heavy atom. The van der Waals surface area contributed by atoms with Crippen molar-refractivity contribution in [1.29, 1.82) is 0 Å². The van der Waals surface area contributed by atoms with Gasteiger partial charge in [-0.15, -0.1) is 0 Å². The fraction of sp³-hybridized carbons (Fsp3) is 0.900. The minimum Gasteiger partial charge on any atom is -0.0625 e. The van der Waals surface area contributed by atoms with Crippen LogP contribution in [0, 0.1) is 23.7 Å². The van der Waals surface area contributed by atoms with Crippen molar-refractivity contribution in [3.05, 3.63) is 5.92 Å². The van der Waals surface area contributed by atoms with Crippen LogP contribution in [0.2, 0.25) is 0 Å². The van der Waals surface area contributed by atoms with Gasteiger partial charge in [0.15, 0.2) is 0 Å². The molecule has 1 aliphatic carbocycles. The molecular weight excluding hydrogens is 120 g/mol. The van der Waals surface area contributed by atoms with Gasteiger partial charge in [0, 0.05) is 0 Å². The third kappa shape index (κ3) is 1.53. The van der Waals surface area contributed by atoms with Crippen LogP contribution in [-0.2, 0) is 0 Å². The lowest BCUT2D eigenvalue weighted by Crippen LogP contribution is -2.24. The van der Waals surface area contributed by atoms with E-state index in [-0.39, 0.29) is 0 Å². The quantitative estimate of drug-likeness (QED) is 0.483. The van der Waals surface area contributed by atoms with Crippen molar-refractivity contribution in [1.82, 2.24) is 0 Å². The van der Waals surface area contributed by atoms with Crippen molar-refractivity contribution in [2.45, 2.75) is 40.5 Å². The van der Waals surface area contributed by atoms with E-state index in [1.165, 1.54) is 12.8 Å². The molecule has 1 fully saturated rings. The molecule has 0 nitrogen and oxygen atoms in total. The molecular formula is C10H19. The highest BCUT2D eigenvalue weighted by Crippen LogP contribution is 2.38. The van der Waals surface area contributed by atoms with Crippen LogP contribution in [0.15, 0.2) is 0 Å². The molecule has 1 radical (unpaired) electrons. The Kier molecular flexibility index (Phi) is 2.38. The van der Waals surface area contributed by atoms with Crippen LogP contribution < -0.4 is 0 Å². The number of hydrogen-bond donors (Lipinski definition) is 0. The summed E-state index contributed by atoms with van der Waals surface area (Å²) >= 11 is 0. The maximum absolute atomic E-state index is 2.38. The Morgan fingerprint density at radius 2 is 1.80 bits per heavy atom. The highest BCUT2D eigenvalue weighted by molar-refractivity contribution is 4.97. The molecule has 0 aromatic carbocycles. The maximum atomic E-state index is 2.38. The van der Waals surface area contributed by atoms with Gasteiger partial charge >= 0.3 is 0 Å². The first-order valence-corrected chi connectivity index (χ1v) is 4.43. The van der Waals surface area contributed by atoms with Crippen LogP contribution in [-0.4, -0.2) is 0 Å². The third-order valence-electron chi connectivity index (χ3n) is 3.08. The molecule has 3 atom stereocenters. The van der Waals surface area contributed by atoms with Crippen molar-refractivity contribution in [3.63, 3.8) is 0 Å². The first-order valence-electron chi connectivity index (χ1n) is 4.43. The standard InChI is InChI=1S/C10H19/c1-7-5-8(2)10(4)9(3)6-7/h7-8,10H,5-6H2,1-4H3. The van der Waals surface area contributed by atoms with Gasteiger partial charge < -0.3 is 0 Å². The Labute approximate surface area is 65.0 Å². The Bertz CT molecular complexity index is 94.6. The molecule has 0 saturated heterocycles. The highest BCUT2D eigenvalue weighted by Gasteiger charge is 2.27. The first-order chi connectivity index (χ1) is 4.61. The van der Waals surface area contributed by atoms with Gasteiger partial charge in [0.05, 0.1) is 0 Å². The molecule has 10 heavy (non-hydrogen) atoms. The second-order valence-corrected chi connectivity index (χ2v) is 4.16. The van der Waals surface area contributed by atoms with Crippen LogP contribution in [0.1, 0.15) is 40.5 Å². The van der Waals surface area contributed by atoms with Gasteiger partial charge in [-0.2, -0.15) is 0 Å². The average molecular weight is 139 g/mol. The van der Waals surface area contributed by atoms with Gasteiger partial charge in [-0.05, 0) is 36.5 Å². The van der Waals surface area contributed by atoms with Crippen LogP contribution in [0.3, 0.4) is 0 Å². The number of rotatable bonds is 0. The van der Waals surface area contributed by atoms with Crippen molar-refractivity contribution >= 4 is 0 Å². The largest absolute Gasteiger partial charge is 0.0625 e. The summed E-state index contributed by atoms with van der Waals surface area (Å²) in [5.41, 5.74) is 0. The molecule has 59 valence electrons. The van der Waals surface area contributed by atoms with E-state index in [9.17, 15) is 0 Å². The maximum Gasteiger partial charge on any atom is -0.0238 e. The SMILES string of the molecule is C[C]1CC(C)CC(C)C1C. The zero-order chi connectivity index (χ0) is 7.72. The zero-order valence-corrected chi connectivity index (χ0v) is 7.65. The smallest absolute Gasteiger partial charge is 0.0238 e. The van der Waals surface area contributed by atoms with E-state index in [0.29, 0.717) is 0 Å². The predicted molar refractivity (Wildman–Crippen MR) is 45.6 cm³/mol. The molecule has 3 unspecified atom stereocenters. The fourth-order valence-electron chi connectivity index (χ4n) is 2.14. The molecule has 0 N–H and O–H groups in total. The molecule has 0 aliphatic heterocycles. The average Bonchev–Trinajstić information content (AvgIpc) is 1.82. The van der Waals surface area contributed by atoms with Crippen LogP contribution in [0.25, 0.3) is 0 Å². The zero-order valence-electron chi connectivity index (χ0n) is 7.65. The summed E-state index contributed by atoms with van der Waals surface area (Å²) in [5.74, 6) is 4.44. The minimum absolute atomic E-state index is 0.871. The van der Waals surface area contributed by atoms with Gasteiger partial charge in [-0.1, -0.05) is 27.7 Å². The fourth-order valence-corrected chi connectivity index (χ4v) is 2.14. The van der Waals surface area contributed by atoms with Gasteiger partial charge in [0.1, 0.15) is 0 Å². The lowest BCUT2D eigenvalue weighted by molar-refractivity contribution is 0.249. The van der Waals surface area contributed by atoms with Crippen molar-refractivity contribution in [2.24, 2.45) is 17.8 Å². The van der Waals surface area contributed by atoms with Crippen molar-refractivity contribution in [3.8, 4) is 0 Å². The molecule has 0 aromatic heterocycles. The summed E-state index contributed by atoms with van der Waals surface area (Å²) < 4.78 is 0. The highest BCUT2D eigenvalue weighted by atomic mass is 14.3. The van der Waals surface area contributed by atoms with Gasteiger partial charge in [0.2, 0.25) is 0 Å². The predicted octanol–water partition coefficient (Wildman–Crippen LogP) is 3.28. The molecule has 0 bridgehead atoms. The normalized spacial score (nSPS) is 43.8. The number of hydrogen-bond acceptors (Lipinski definition) is 0. The lowest BCUT2D eigenvalue weighted by Gasteiger charge is -2.35. The van der Waals surface area contributed by atoms with E-state index in [4.69, 9.17) is 0 Å². The summed E-state index contributed by atoms with van der Waals surface area (Å²) in [6.45, 7) is 9.43. The summed E-state index contributed by atoms with van der Waals surface area (Å²) in [6.07, 6.45) is 2.80. The minimum atomic E-state index is 0.871. The van der Waals surface area contributed by atoms with E-state index >= 15 is 0 Å². The molecule has 0 heteroatoms. The van der Waals surface area contributed by atoms with E-state index in [2.05, 4.69) is 27.7 Å². The molecule has 1 saturated carbocycles. The molecule has 1 rings (SSSR count). The topological polar surface area (TPSA) is 0 Å². The molecule has 0 heterocycles. The second-order valence-electron chi connectivity index (χ2n) is 4.16. The summed E-state index contributed by atoms with van der Waals surface area (Å²) in [5, 5.41) is 0. The van der Waals surface area contributed by atoms with Gasteiger partial charge in [-0.25, -0.2) is 0 Å². The first kappa shape index (κ1) is 8.10. The Balaban J connectivity index is 2.49. The van der Waals surface area contributed by atoms with E-state index in [1.807, 2.05) is 0 Å². The Hall–Kier alpha value is 0. The third-order valence-corrected chi connectivity index (χ3v) is 3.08. The van der Waals surface area contributed by atoms with Crippen molar-refractivity contribution < 1.29 is 0 Å². The molecule has 0 amide bonds. The summed E-state index contributed by atoms with van der Waals surface area (Å²) in [7, 11) is 0. The van der Waals surface area contributed by atoms with Gasteiger partial charge in [0.25, 0.3) is 0 Å². The molecule has 0 spiro atoms. The van der Waals surface area contributed by atoms with Gasteiger partial charge in [-0.3, -0.25) is 0 Å². The second kappa shape index (κ2) is 2.94. The lowest BCUT2D eigenvalue weighted by atomic mass is 9.71.